The molecule has 0 saturated carbocycles. The smallest absolute Gasteiger partial charge is 0.203 e. The lowest BCUT2D eigenvalue weighted by Crippen LogP contribution is -1.91. The molecule has 0 unspecified atom stereocenters. The quantitative estimate of drug-likeness (QED) is 0.642. The maximum Gasteiger partial charge on any atom is 0.203 e. The lowest BCUT2D eigenvalue weighted by molar-refractivity contribution is 0.510. The lowest BCUT2D eigenvalue weighted by atomic mass is 10.2. The van der Waals surface area contributed by atoms with Crippen LogP contribution in [0, 0.1) is 15.2 Å². The molecule has 15 heavy (non-hydrogen) atoms. The summed E-state index contributed by atoms with van der Waals surface area (Å²) in [5, 5.41) is 7.72. The highest BCUT2D eigenvalue weighted by molar-refractivity contribution is 14.1. The first-order valence-corrected chi connectivity index (χ1v) is 5.71. The zero-order valence-corrected chi connectivity index (χ0v) is 10.1. The Kier molecular flexibility index (Phi) is 2.83. The fraction of sp³-hybridized carbons (Fsp3) is 0. The van der Waals surface area contributed by atoms with Crippen molar-refractivity contribution in [2.45, 2.75) is 0 Å². The van der Waals surface area contributed by atoms with Gasteiger partial charge in [0, 0.05) is 3.57 Å². The van der Waals surface area contributed by atoms with Crippen molar-refractivity contribution in [3.63, 3.8) is 0 Å². The van der Waals surface area contributed by atoms with Crippen LogP contribution in [0.4, 0.5) is 13.9 Å². The number of hydrogen-bond acceptors (Lipinski definition) is 4. The van der Waals surface area contributed by atoms with Crippen LogP contribution in [-0.4, -0.2) is 10.2 Å². The molecule has 1 aromatic heterocycles. The number of nitrogens with zero attached hydrogens (tertiary/aromatic N) is 2. The van der Waals surface area contributed by atoms with E-state index < -0.39 is 11.6 Å². The molecule has 0 saturated heterocycles. The zero-order valence-electron chi connectivity index (χ0n) is 7.17. The fourth-order valence-corrected chi connectivity index (χ4v) is 2.26. The van der Waals surface area contributed by atoms with Crippen LogP contribution in [0.5, 0.6) is 0 Å². The van der Waals surface area contributed by atoms with Gasteiger partial charge in [0.15, 0.2) is 16.6 Å². The van der Waals surface area contributed by atoms with Crippen molar-refractivity contribution in [1.29, 1.82) is 0 Å². The molecule has 0 aliphatic carbocycles. The number of nitrogen functional groups attached to an aromatic ring is 1. The average molecular weight is 339 g/mol. The number of benzene rings is 1. The molecule has 0 atom stereocenters. The maximum absolute atomic E-state index is 13.4. The van der Waals surface area contributed by atoms with Gasteiger partial charge in [0.05, 0.1) is 5.56 Å². The van der Waals surface area contributed by atoms with Crippen molar-refractivity contribution >= 4 is 39.1 Å². The number of rotatable bonds is 1. The van der Waals surface area contributed by atoms with E-state index in [1.54, 1.807) is 0 Å². The Hall–Kier alpha value is -0.830. The molecule has 0 fully saturated rings. The number of anilines is 1. The minimum Gasteiger partial charge on any atom is -0.374 e. The van der Waals surface area contributed by atoms with Crippen molar-refractivity contribution in [2.24, 2.45) is 0 Å². The molecule has 0 radical (unpaired) electrons. The average Bonchev–Trinajstić information content (AvgIpc) is 2.58. The maximum atomic E-state index is 13.4. The molecule has 0 spiro atoms. The van der Waals surface area contributed by atoms with Gasteiger partial charge in [-0.1, -0.05) is 11.3 Å². The molecular formula is C8H4F2IN3S. The summed E-state index contributed by atoms with van der Waals surface area (Å²) in [7, 11) is 0. The number of halogens is 3. The summed E-state index contributed by atoms with van der Waals surface area (Å²) >= 11 is 2.92. The Balaban J connectivity index is 2.62. The van der Waals surface area contributed by atoms with Crippen molar-refractivity contribution < 1.29 is 8.78 Å². The van der Waals surface area contributed by atoms with E-state index in [0.717, 1.165) is 17.4 Å². The molecular weight excluding hydrogens is 335 g/mol. The minimum atomic E-state index is -0.924. The SMILES string of the molecule is Nc1nnc(-c2cc(I)cc(F)c2F)s1. The highest BCUT2D eigenvalue weighted by atomic mass is 127. The Morgan fingerprint density at radius 1 is 1.27 bits per heavy atom. The molecule has 78 valence electrons. The largest absolute Gasteiger partial charge is 0.374 e. The predicted octanol–water partition coefficient (Wildman–Crippen LogP) is 2.67. The third-order valence-corrected chi connectivity index (χ3v) is 3.07. The molecule has 1 aromatic carbocycles. The van der Waals surface area contributed by atoms with Gasteiger partial charge < -0.3 is 5.73 Å². The second-order valence-electron chi connectivity index (χ2n) is 2.69. The second-order valence-corrected chi connectivity index (χ2v) is 4.95. The molecule has 0 amide bonds. The van der Waals surface area contributed by atoms with Crippen LogP contribution in [0.2, 0.25) is 0 Å². The van der Waals surface area contributed by atoms with Gasteiger partial charge in [0.1, 0.15) is 0 Å². The summed E-state index contributed by atoms with van der Waals surface area (Å²) in [5.41, 5.74) is 5.46. The molecule has 7 heteroatoms. The van der Waals surface area contributed by atoms with Gasteiger partial charge >= 0.3 is 0 Å². The van der Waals surface area contributed by atoms with Crippen LogP contribution in [0.3, 0.4) is 0 Å². The van der Waals surface area contributed by atoms with Crippen LogP contribution < -0.4 is 5.73 Å². The highest BCUT2D eigenvalue weighted by Crippen LogP contribution is 2.29. The van der Waals surface area contributed by atoms with E-state index in [-0.39, 0.29) is 15.7 Å². The van der Waals surface area contributed by atoms with Gasteiger partial charge in [-0.15, -0.1) is 10.2 Å². The van der Waals surface area contributed by atoms with E-state index >= 15 is 0 Å². The van der Waals surface area contributed by atoms with E-state index in [4.69, 9.17) is 5.73 Å². The standard InChI is InChI=1S/C8H4F2IN3S/c9-5-2-3(11)1-4(6(5)10)7-13-14-8(12)15-7/h1-2H,(H2,12,14). The number of nitrogens with two attached hydrogens (primary N) is 1. The Morgan fingerprint density at radius 2 is 2.00 bits per heavy atom. The monoisotopic (exact) mass is 339 g/mol. The van der Waals surface area contributed by atoms with Crippen molar-refractivity contribution in [3.05, 3.63) is 27.3 Å². The van der Waals surface area contributed by atoms with Gasteiger partial charge in [-0.2, -0.15) is 0 Å². The van der Waals surface area contributed by atoms with Crippen molar-refractivity contribution in [2.75, 3.05) is 5.73 Å². The fourth-order valence-electron chi connectivity index (χ4n) is 1.06. The Morgan fingerprint density at radius 3 is 2.60 bits per heavy atom. The molecule has 3 nitrogen and oxygen atoms in total. The first-order valence-electron chi connectivity index (χ1n) is 3.82. The third-order valence-electron chi connectivity index (χ3n) is 1.66. The molecule has 0 aliphatic rings. The molecule has 2 N–H and O–H groups in total. The van der Waals surface area contributed by atoms with Crippen LogP contribution >= 0.6 is 33.9 Å². The van der Waals surface area contributed by atoms with Gasteiger partial charge in [0.2, 0.25) is 5.13 Å². The predicted molar refractivity (Wildman–Crippen MR) is 62.4 cm³/mol. The third kappa shape index (κ3) is 2.07. The lowest BCUT2D eigenvalue weighted by Gasteiger charge is -2.00. The van der Waals surface area contributed by atoms with Crippen molar-refractivity contribution in [3.8, 4) is 10.6 Å². The van der Waals surface area contributed by atoms with Gasteiger partial charge in [-0.25, -0.2) is 8.78 Å². The van der Waals surface area contributed by atoms with Crippen LogP contribution in [-0.2, 0) is 0 Å². The van der Waals surface area contributed by atoms with E-state index in [0.29, 0.717) is 3.57 Å². The summed E-state index contributed by atoms with van der Waals surface area (Å²) in [6, 6.07) is 2.61. The van der Waals surface area contributed by atoms with Crippen molar-refractivity contribution in [1.82, 2.24) is 10.2 Å². The molecule has 2 rings (SSSR count). The second kappa shape index (κ2) is 3.97. The molecule has 2 aromatic rings. The van der Waals surface area contributed by atoms with Crippen LogP contribution in [0.15, 0.2) is 12.1 Å². The Labute approximate surface area is 101 Å². The summed E-state index contributed by atoms with van der Waals surface area (Å²) in [6.45, 7) is 0. The molecule has 0 aliphatic heterocycles. The van der Waals surface area contributed by atoms with E-state index in [1.165, 1.54) is 6.07 Å². The Bertz CT molecular complexity index is 515. The van der Waals surface area contributed by atoms with Crippen LogP contribution in [0.1, 0.15) is 0 Å². The normalized spacial score (nSPS) is 10.6. The van der Waals surface area contributed by atoms with Gasteiger partial charge in [0.25, 0.3) is 0 Å². The van der Waals surface area contributed by atoms with E-state index in [9.17, 15) is 8.78 Å². The topological polar surface area (TPSA) is 51.8 Å². The van der Waals surface area contributed by atoms with E-state index in [1.807, 2.05) is 22.6 Å². The number of hydrogen-bond donors (Lipinski definition) is 1. The summed E-state index contributed by atoms with van der Waals surface area (Å²) in [6.07, 6.45) is 0. The zero-order chi connectivity index (χ0) is 11.0. The highest BCUT2D eigenvalue weighted by Gasteiger charge is 2.15. The number of aromatic nitrogens is 2. The van der Waals surface area contributed by atoms with Gasteiger partial charge in [-0.05, 0) is 34.7 Å². The van der Waals surface area contributed by atoms with E-state index in [2.05, 4.69) is 10.2 Å². The summed E-state index contributed by atoms with van der Waals surface area (Å²) in [5.74, 6) is -1.82. The molecule has 1 heterocycles. The van der Waals surface area contributed by atoms with Gasteiger partial charge in [-0.3, -0.25) is 0 Å². The first-order chi connectivity index (χ1) is 7.08. The molecule has 0 bridgehead atoms. The van der Waals surface area contributed by atoms with Crippen LogP contribution in [0.25, 0.3) is 10.6 Å². The summed E-state index contributed by atoms with van der Waals surface area (Å²) in [4.78, 5) is 0. The summed E-state index contributed by atoms with van der Waals surface area (Å²) < 4.78 is 27.1. The first kappa shape index (κ1) is 10.7. The minimum absolute atomic E-state index is 0.0913.